The average molecular weight is 256 g/mol. The molecule has 0 aromatic carbocycles. The van der Waals surface area contributed by atoms with Crippen LogP contribution >= 0.6 is 0 Å². The molecule has 0 radical (unpaired) electrons. The zero-order chi connectivity index (χ0) is 12.8. The van der Waals surface area contributed by atoms with Crippen LogP contribution in [0, 0.1) is 11.8 Å². The summed E-state index contributed by atoms with van der Waals surface area (Å²) < 4.78 is 5.80. The van der Waals surface area contributed by atoms with Crippen LogP contribution in [0.4, 0.5) is 0 Å². The van der Waals surface area contributed by atoms with Gasteiger partial charge in [0.1, 0.15) is 0 Å². The second kappa shape index (κ2) is 4.75. The van der Waals surface area contributed by atoms with Crippen LogP contribution in [0.2, 0.25) is 0 Å². The molecule has 0 aromatic rings. The summed E-state index contributed by atoms with van der Waals surface area (Å²) in [5.41, 5.74) is -0.642. The Hall–Kier alpha value is -0.160. The number of hydrogen-bond acceptors (Lipinski definition) is 4. The van der Waals surface area contributed by atoms with Gasteiger partial charge in [0.2, 0.25) is 0 Å². The van der Waals surface area contributed by atoms with Gasteiger partial charge in [0, 0.05) is 12.8 Å². The molecular weight excluding hydrogens is 232 g/mol. The minimum atomic E-state index is -0.660. The standard InChI is InChI=1S/C14H24O4/c15-12-6-11(7-13(12)16)18-8-14(17)9-2-1-3-10(14)5-4-9/h9-13,15-17H,1-8H2/t9-,10?,11?,12-,13+,14?/m1/s1. The fraction of sp³-hybridized carbons (Fsp3) is 1.00. The molecule has 3 aliphatic rings. The van der Waals surface area contributed by atoms with Crippen molar-refractivity contribution in [3.05, 3.63) is 0 Å². The smallest absolute Gasteiger partial charge is 0.0936 e. The highest BCUT2D eigenvalue weighted by Gasteiger charge is 2.51. The summed E-state index contributed by atoms with van der Waals surface area (Å²) in [7, 11) is 0. The Labute approximate surface area is 108 Å². The van der Waals surface area contributed by atoms with Crippen LogP contribution in [0.5, 0.6) is 0 Å². The average Bonchev–Trinajstić information content (AvgIpc) is 2.72. The van der Waals surface area contributed by atoms with Crippen LogP contribution in [0.15, 0.2) is 0 Å². The highest BCUT2D eigenvalue weighted by atomic mass is 16.5. The lowest BCUT2D eigenvalue weighted by atomic mass is 9.75. The molecule has 4 nitrogen and oxygen atoms in total. The van der Waals surface area contributed by atoms with E-state index < -0.39 is 17.8 Å². The van der Waals surface area contributed by atoms with Crippen molar-refractivity contribution in [1.82, 2.24) is 0 Å². The summed E-state index contributed by atoms with van der Waals surface area (Å²) in [4.78, 5) is 0. The van der Waals surface area contributed by atoms with Gasteiger partial charge in [0.05, 0.1) is 30.5 Å². The van der Waals surface area contributed by atoms with E-state index >= 15 is 0 Å². The Bertz CT molecular complexity index is 280. The first-order valence-corrected chi connectivity index (χ1v) is 7.29. The van der Waals surface area contributed by atoms with Crippen molar-refractivity contribution in [3.63, 3.8) is 0 Å². The number of hydrogen-bond donors (Lipinski definition) is 3. The molecule has 3 aliphatic carbocycles. The normalized spacial score (nSPS) is 51.8. The quantitative estimate of drug-likeness (QED) is 0.699. The minimum absolute atomic E-state index is 0.0969. The van der Waals surface area contributed by atoms with Crippen molar-refractivity contribution < 1.29 is 20.1 Å². The third-order valence-electron chi connectivity index (χ3n) is 5.39. The van der Waals surface area contributed by atoms with E-state index in [1.807, 2.05) is 0 Å². The van der Waals surface area contributed by atoms with Gasteiger partial charge in [-0.2, -0.15) is 0 Å². The fourth-order valence-corrected chi connectivity index (χ4v) is 4.21. The maximum atomic E-state index is 10.8. The fourth-order valence-electron chi connectivity index (χ4n) is 4.21. The van der Waals surface area contributed by atoms with E-state index in [0.29, 0.717) is 31.3 Å². The predicted molar refractivity (Wildman–Crippen MR) is 66.0 cm³/mol. The van der Waals surface area contributed by atoms with E-state index in [9.17, 15) is 15.3 Å². The number of aliphatic hydroxyl groups is 3. The van der Waals surface area contributed by atoms with Crippen molar-refractivity contribution in [1.29, 1.82) is 0 Å². The molecule has 0 saturated heterocycles. The second-order valence-corrected chi connectivity index (χ2v) is 6.43. The molecule has 0 aromatic heterocycles. The summed E-state index contributed by atoms with van der Waals surface area (Å²) in [5, 5.41) is 29.8. The van der Waals surface area contributed by atoms with Crippen molar-refractivity contribution in [2.24, 2.45) is 11.8 Å². The second-order valence-electron chi connectivity index (χ2n) is 6.43. The van der Waals surface area contributed by atoms with E-state index in [2.05, 4.69) is 0 Å². The molecule has 18 heavy (non-hydrogen) atoms. The molecule has 2 bridgehead atoms. The number of aliphatic hydroxyl groups excluding tert-OH is 2. The van der Waals surface area contributed by atoms with Crippen LogP contribution in [-0.2, 0) is 4.74 Å². The van der Waals surface area contributed by atoms with Gasteiger partial charge in [-0.25, -0.2) is 0 Å². The zero-order valence-corrected chi connectivity index (χ0v) is 10.8. The number of fused-ring (bicyclic) bond motifs is 2. The zero-order valence-electron chi connectivity index (χ0n) is 10.8. The molecular formula is C14H24O4. The molecule has 0 amide bonds. The van der Waals surface area contributed by atoms with Gasteiger partial charge in [-0.3, -0.25) is 0 Å². The van der Waals surface area contributed by atoms with Gasteiger partial charge >= 0.3 is 0 Å². The lowest BCUT2D eigenvalue weighted by molar-refractivity contribution is -0.130. The Morgan fingerprint density at radius 1 is 0.944 bits per heavy atom. The van der Waals surface area contributed by atoms with E-state index in [0.717, 1.165) is 25.7 Å². The number of rotatable bonds is 3. The van der Waals surface area contributed by atoms with Crippen LogP contribution in [0.3, 0.4) is 0 Å². The molecule has 3 rings (SSSR count). The Morgan fingerprint density at radius 2 is 1.50 bits per heavy atom. The topological polar surface area (TPSA) is 69.9 Å². The Kier molecular flexibility index (Phi) is 3.39. The van der Waals surface area contributed by atoms with Crippen molar-refractivity contribution >= 4 is 0 Å². The van der Waals surface area contributed by atoms with Crippen molar-refractivity contribution in [3.8, 4) is 0 Å². The van der Waals surface area contributed by atoms with Crippen LogP contribution in [0.1, 0.15) is 44.9 Å². The lowest BCUT2D eigenvalue weighted by Crippen LogP contribution is -2.47. The Balaban J connectivity index is 1.57. The van der Waals surface area contributed by atoms with E-state index in [1.165, 1.54) is 6.42 Å². The number of ether oxygens (including phenoxy) is 1. The SMILES string of the molecule is O[C@@H]1CC(OCC2(O)C3CCC[C@@H]2CC3)C[C@@H]1O. The summed E-state index contributed by atoms with van der Waals surface area (Å²) in [6.07, 6.45) is 5.29. The lowest BCUT2D eigenvalue weighted by Gasteiger charge is -2.39. The van der Waals surface area contributed by atoms with E-state index in [4.69, 9.17) is 4.74 Å². The molecule has 3 saturated carbocycles. The first kappa shape index (κ1) is 12.9. The van der Waals surface area contributed by atoms with Crippen molar-refractivity contribution in [2.45, 2.75) is 68.9 Å². The van der Waals surface area contributed by atoms with Gasteiger partial charge in [-0.1, -0.05) is 6.42 Å². The van der Waals surface area contributed by atoms with E-state index in [-0.39, 0.29) is 6.10 Å². The molecule has 0 spiro atoms. The van der Waals surface area contributed by atoms with Crippen LogP contribution in [0.25, 0.3) is 0 Å². The van der Waals surface area contributed by atoms with Gasteiger partial charge in [-0.05, 0) is 37.5 Å². The van der Waals surface area contributed by atoms with Gasteiger partial charge in [-0.15, -0.1) is 0 Å². The highest BCUT2D eigenvalue weighted by Crippen LogP contribution is 2.50. The summed E-state index contributed by atoms with van der Waals surface area (Å²) >= 11 is 0. The molecule has 3 unspecified atom stereocenters. The maximum Gasteiger partial charge on any atom is 0.0936 e. The molecule has 0 aliphatic heterocycles. The monoisotopic (exact) mass is 256 g/mol. The largest absolute Gasteiger partial charge is 0.390 e. The van der Waals surface area contributed by atoms with Crippen molar-refractivity contribution in [2.75, 3.05) is 6.61 Å². The summed E-state index contributed by atoms with van der Waals surface area (Å²) in [6.45, 7) is 0.381. The van der Waals surface area contributed by atoms with Crippen LogP contribution < -0.4 is 0 Å². The maximum absolute atomic E-state index is 10.8. The molecule has 0 heterocycles. The molecule has 3 fully saturated rings. The third kappa shape index (κ3) is 2.09. The van der Waals surface area contributed by atoms with Gasteiger partial charge in [0.25, 0.3) is 0 Å². The summed E-state index contributed by atoms with van der Waals surface area (Å²) in [5.74, 6) is 0.792. The van der Waals surface area contributed by atoms with Crippen LogP contribution in [-0.4, -0.2) is 45.8 Å². The highest BCUT2D eigenvalue weighted by molar-refractivity contribution is 5.01. The van der Waals surface area contributed by atoms with Gasteiger partial charge in [0.15, 0.2) is 0 Å². The third-order valence-corrected chi connectivity index (χ3v) is 5.39. The summed E-state index contributed by atoms with van der Waals surface area (Å²) in [6, 6.07) is 0. The first-order valence-electron chi connectivity index (χ1n) is 7.29. The van der Waals surface area contributed by atoms with Gasteiger partial charge < -0.3 is 20.1 Å². The van der Waals surface area contributed by atoms with E-state index in [1.54, 1.807) is 0 Å². The molecule has 6 atom stereocenters. The molecule has 4 heteroatoms. The first-order chi connectivity index (χ1) is 8.59. The Morgan fingerprint density at radius 3 is 2.06 bits per heavy atom. The minimum Gasteiger partial charge on any atom is -0.390 e. The predicted octanol–water partition coefficient (Wildman–Crippen LogP) is 0.828. The molecule has 3 N–H and O–H groups in total. The molecule has 104 valence electrons.